The van der Waals surface area contributed by atoms with Crippen LogP contribution >= 0.6 is 0 Å². The Morgan fingerprint density at radius 2 is 0.841 bits per heavy atom. The molecule has 0 spiro atoms. The first-order chi connectivity index (χ1) is 31.3. The van der Waals surface area contributed by atoms with Gasteiger partial charge in [0.1, 0.15) is 0 Å². The zero-order valence-corrected chi connectivity index (χ0v) is 34.6. The van der Waals surface area contributed by atoms with E-state index in [4.69, 9.17) is 0 Å². The topological polar surface area (TPSA) is 8.17 Å². The summed E-state index contributed by atoms with van der Waals surface area (Å²) in [5, 5.41) is 2.39. The quantitative estimate of drug-likeness (QED) is 0.149. The lowest BCUT2D eigenvalue weighted by Gasteiger charge is -2.35. The van der Waals surface area contributed by atoms with Crippen molar-refractivity contribution in [1.29, 1.82) is 0 Å². The second kappa shape index (κ2) is 15.1. The van der Waals surface area contributed by atoms with Gasteiger partial charge in [-0.3, -0.25) is 0 Å². The molecule has 1 aromatic heterocycles. The molecule has 1 heterocycles. The second-order valence-electron chi connectivity index (χ2n) is 16.4. The van der Waals surface area contributed by atoms with Gasteiger partial charge in [-0.15, -0.1) is 0 Å². The molecule has 0 fully saturated rings. The Balaban J connectivity index is 1.16. The van der Waals surface area contributed by atoms with Crippen LogP contribution in [0.2, 0.25) is 0 Å². The molecule has 0 unspecified atom stereocenters. The molecule has 0 saturated heterocycles. The molecule has 0 saturated carbocycles. The van der Waals surface area contributed by atoms with Crippen molar-refractivity contribution in [3.63, 3.8) is 0 Å². The molecule has 2 heteroatoms. The van der Waals surface area contributed by atoms with Gasteiger partial charge in [0.15, 0.2) is 0 Å². The molecule has 0 aliphatic heterocycles. The maximum atomic E-state index is 2.54. The van der Waals surface area contributed by atoms with Gasteiger partial charge in [-0.1, -0.05) is 212 Å². The Hall–Kier alpha value is -8.20. The molecule has 0 radical (unpaired) electrons. The molecule has 11 aromatic rings. The minimum atomic E-state index is -0.568. The van der Waals surface area contributed by atoms with E-state index in [0.29, 0.717) is 0 Å². The largest absolute Gasteiger partial charge is 0.309 e. The number of hydrogen-bond acceptors (Lipinski definition) is 1. The number of fused-ring (bicyclic) bond motifs is 6. The van der Waals surface area contributed by atoms with Crippen LogP contribution in [-0.2, 0) is 5.41 Å². The molecule has 296 valence electrons. The summed E-state index contributed by atoms with van der Waals surface area (Å²) in [5.41, 5.74) is 18.6. The molecule has 2 nitrogen and oxygen atoms in total. The van der Waals surface area contributed by atoms with Gasteiger partial charge in [-0.25, -0.2) is 0 Å². The summed E-state index contributed by atoms with van der Waals surface area (Å²) >= 11 is 0. The van der Waals surface area contributed by atoms with Gasteiger partial charge >= 0.3 is 0 Å². The van der Waals surface area contributed by atoms with Gasteiger partial charge in [0.25, 0.3) is 0 Å². The fourth-order valence-electron chi connectivity index (χ4n) is 10.5. The van der Waals surface area contributed by atoms with E-state index in [1.807, 2.05) is 0 Å². The van der Waals surface area contributed by atoms with E-state index >= 15 is 0 Å². The van der Waals surface area contributed by atoms with E-state index in [9.17, 15) is 0 Å². The Kier molecular flexibility index (Phi) is 8.76. The number of nitrogens with zero attached hydrogens (tertiary/aromatic N) is 2. The predicted octanol–water partition coefficient (Wildman–Crippen LogP) is 16.0. The van der Waals surface area contributed by atoms with Crippen molar-refractivity contribution in [3.05, 3.63) is 277 Å². The average Bonchev–Trinajstić information content (AvgIpc) is 3.87. The third-order valence-electron chi connectivity index (χ3n) is 13.1. The van der Waals surface area contributed by atoms with E-state index in [-0.39, 0.29) is 0 Å². The lowest BCUT2D eigenvalue weighted by atomic mass is 9.67. The molecule has 63 heavy (non-hydrogen) atoms. The van der Waals surface area contributed by atoms with Crippen molar-refractivity contribution < 1.29 is 0 Å². The summed E-state index contributed by atoms with van der Waals surface area (Å²) in [6, 6.07) is 93.3. The smallest absolute Gasteiger partial charge is 0.0734 e. The van der Waals surface area contributed by atoms with E-state index in [1.54, 1.807) is 0 Å². The summed E-state index contributed by atoms with van der Waals surface area (Å²) in [6.45, 7) is 0. The van der Waals surface area contributed by atoms with Gasteiger partial charge in [0.2, 0.25) is 0 Å². The van der Waals surface area contributed by atoms with Gasteiger partial charge in [-0.05, 0) is 87.0 Å². The average molecular weight is 803 g/mol. The Morgan fingerprint density at radius 1 is 0.333 bits per heavy atom. The first-order valence-electron chi connectivity index (χ1n) is 21.8. The van der Waals surface area contributed by atoms with Gasteiger partial charge in [-0.2, -0.15) is 0 Å². The zero-order valence-electron chi connectivity index (χ0n) is 34.6. The Labute approximate surface area is 368 Å². The SMILES string of the molecule is c1ccc(-c2ccc(N(c3ccccc3-c3ccccc3)c3cccc4c3c3ccccc3n4-c3cccc4c3C(c3ccccc3)(c3ccccc3)c3ccccc3-4)cc2)cc1. The van der Waals surface area contributed by atoms with Crippen molar-refractivity contribution in [3.8, 4) is 39.1 Å². The number of benzene rings is 10. The van der Waals surface area contributed by atoms with Gasteiger partial charge < -0.3 is 9.47 Å². The van der Waals surface area contributed by atoms with Crippen LogP contribution in [0.5, 0.6) is 0 Å². The number of aromatic nitrogens is 1. The van der Waals surface area contributed by atoms with E-state index in [1.165, 1.54) is 72.1 Å². The fourth-order valence-corrected chi connectivity index (χ4v) is 10.5. The lowest BCUT2D eigenvalue weighted by Crippen LogP contribution is -2.29. The molecule has 0 bridgehead atoms. The van der Waals surface area contributed by atoms with Crippen molar-refractivity contribution in [1.82, 2.24) is 4.57 Å². The normalized spacial score (nSPS) is 12.6. The van der Waals surface area contributed by atoms with Crippen molar-refractivity contribution in [2.75, 3.05) is 4.90 Å². The number of para-hydroxylation sites is 2. The molecular weight excluding hydrogens is 761 g/mol. The molecule has 10 aromatic carbocycles. The maximum absolute atomic E-state index is 2.54. The van der Waals surface area contributed by atoms with Crippen LogP contribution in [0.4, 0.5) is 17.1 Å². The predicted molar refractivity (Wildman–Crippen MR) is 264 cm³/mol. The summed E-state index contributed by atoms with van der Waals surface area (Å²) in [5.74, 6) is 0. The molecule has 1 aliphatic rings. The third-order valence-corrected chi connectivity index (χ3v) is 13.1. The van der Waals surface area contributed by atoms with Crippen molar-refractivity contribution in [2.45, 2.75) is 5.41 Å². The molecule has 0 amide bonds. The highest BCUT2D eigenvalue weighted by Gasteiger charge is 2.48. The molecule has 0 N–H and O–H groups in total. The lowest BCUT2D eigenvalue weighted by molar-refractivity contribution is 0.762. The van der Waals surface area contributed by atoms with Crippen LogP contribution in [0.25, 0.3) is 60.9 Å². The van der Waals surface area contributed by atoms with E-state index < -0.39 is 5.41 Å². The molecular formula is C61H42N2. The third kappa shape index (κ3) is 5.72. The van der Waals surface area contributed by atoms with Crippen molar-refractivity contribution in [2.24, 2.45) is 0 Å². The molecule has 0 atom stereocenters. The van der Waals surface area contributed by atoms with Crippen LogP contribution in [0.15, 0.2) is 255 Å². The van der Waals surface area contributed by atoms with Crippen LogP contribution in [0, 0.1) is 0 Å². The fraction of sp³-hybridized carbons (Fsp3) is 0.0164. The summed E-state index contributed by atoms with van der Waals surface area (Å²) in [6.07, 6.45) is 0. The van der Waals surface area contributed by atoms with Crippen LogP contribution in [-0.4, -0.2) is 4.57 Å². The number of anilines is 3. The number of rotatable bonds is 8. The van der Waals surface area contributed by atoms with Gasteiger partial charge in [0, 0.05) is 27.6 Å². The first-order valence-corrected chi connectivity index (χ1v) is 21.8. The minimum Gasteiger partial charge on any atom is -0.309 e. The highest BCUT2D eigenvalue weighted by Crippen LogP contribution is 2.58. The zero-order chi connectivity index (χ0) is 41.7. The maximum Gasteiger partial charge on any atom is 0.0734 e. The van der Waals surface area contributed by atoms with Crippen LogP contribution in [0.1, 0.15) is 22.3 Å². The summed E-state index contributed by atoms with van der Waals surface area (Å²) in [4.78, 5) is 2.47. The van der Waals surface area contributed by atoms with Crippen LogP contribution in [0.3, 0.4) is 0 Å². The van der Waals surface area contributed by atoms with Crippen molar-refractivity contribution >= 4 is 38.9 Å². The first kappa shape index (κ1) is 36.6. The Morgan fingerprint density at radius 3 is 1.56 bits per heavy atom. The number of hydrogen-bond donors (Lipinski definition) is 0. The molecule has 12 rings (SSSR count). The van der Waals surface area contributed by atoms with E-state index in [0.717, 1.165) is 28.1 Å². The van der Waals surface area contributed by atoms with Crippen LogP contribution < -0.4 is 4.90 Å². The monoisotopic (exact) mass is 802 g/mol. The summed E-state index contributed by atoms with van der Waals surface area (Å²) < 4.78 is 2.54. The summed E-state index contributed by atoms with van der Waals surface area (Å²) in [7, 11) is 0. The highest BCUT2D eigenvalue weighted by atomic mass is 15.2. The minimum absolute atomic E-state index is 0.568. The van der Waals surface area contributed by atoms with Gasteiger partial charge in [0.05, 0.1) is 33.5 Å². The molecule has 1 aliphatic carbocycles. The Bertz CT molecular complexity index is 3380. The van der Waals surface area contributed by atoms with E-state index in [2.05, 4.69) is 264 Å². The second-order valence-corrected chi connectivity index (χ2v) is 16.4. The standard InChI is InChI=1S/C61H42N2/c1-5-21-43(22-6-1)44-39-41-48(42-40-44)62(54-34-17-14-29-49(54)45-23-7-2-8-24-45)56-36-20-37-57-59(56)52-31-15-18-35-55(52)63(57)58-38-19-32-51-50-30-13-16-33-53(50)61(60(51)58,46-25-9-3-10-26-46)47-27-11-4-12-28-47/h1-42H. The highest BCUT2D eigenvalue weighted by molar-refractivity contribution is 6.17.